The number of rotatable bonds is 4. The van der Waals surface area contributed by atoms with Crippen molar-refractivity contribution in [3.8, 4) is 0 Å². The van der Waals surface area contributed by atoms with Gasteiger partial charge in [-0.1, -0.05) is 13.3 Å². The van der Waals surface area contributed by atoms with Crippen molar-refractivity contribution in [3.63, 3.8) is 0 Å². The van der Waals surface area contributed by atoms with Gasteiger partial charge in [0.1, 0.15) is 6.33 Å². The summed E-state index contributed by atoms with van der Waals surface area (Å²) in [4.78, 5) is 4.27. The Hall–Kier alpha value is -1.65. The van der Waals surface area contributed by atoms with Crippen LogP contribution in [0, 0.1) is 0 Å². The third-order valence-electron chi connectivity index (χ3n) is 2.32. The predicted molar refractivity (Wildman–Crippen MR) is 58.8 cm³/mol. The van der Waals surface area contributed by atoms with E-state index in [1.807, 2.05) is 10.6 Å². The van der Waals surface area contributed by atoms with Crippen LogP contribution in [0.5, 0.6) is 0 Å². The molecule has 2 heterocycles. The second kappa shape index (κ2) is 4.25. The molecule has 1 N–H and O–H groups in total. The lowest BCUT2D eigenvalue weighted by Gasteiger charge is -2.13. The molecule has 0 aromatic carbocycles. The van der Waals surface area contributed by atoms with Crippen LogP contribution < -0.4 is 5.32 Å². The number of hydrogen-bond donors (Lipinski definition) is 1. The average Bonchev–Trinajstić information content (AvgIpc) is 2.67. The maximum absolute atomic E-state index is 4.27. The van der Waals surface area contributed by atoms with Crippen LogP contribution in [0.2, 0.25) is 0 Å². The molecule has 2 rings (SSSR count). The first kappa shape index (κ1) is 9.89. The Balaban J connectivity index is 2.23. The van der Waals surface area contributed by atoms with Crippen LogP contribution in [-0.4, -0.2) is 25.6 Å². The summed E-state index contributed by atoms with van der Waals surface area (Å²) >= 11 is 0. The van der Waals surface area contributed by atoms with Gasteiger partial charge in [-0.05, 0) is 13.3 Å². The van der Waals surface area contributed by atoms with Crippen molar-refractivity contribution in [2.24, 2.45) is 0 Å². The van der Waals surface area contributed by atoms with Crippen molar-refractivity contribution in [1.29, 1.82) is 0 Å². The summed E-state index contributed by atoms with van der Waals surface area (Å²) in [5, 5.41) is 11.2. The summed E-state index contributed by atoms with van der Waals surface area (Å²) in [6.45, 7) is 4.31. The summed E-state index contributed by atoms with van der Waals surface area (Å²) in [6.07, 6.45) is 7.54. The Morgan fingerprint density at radius 3 is 3.20 bits per heavy atom. The van der Waals surface area contributed by atoms with E-state index >= 15 is 0 Å². The summed E-state index contributed by atoms with van der Waals surface area (Å²) in [6, 6.07) is 0.408. The van der Waals surface area contributed by atoms with Crippen molar-refractivity contribution in [2.45, 2.75) is 32.7 Å². The Morgan fingerprint density at radius 2 is 2.40 bits per heavy atom. The molecule has 0 radical (unpaired) electrons. The van der Waals surface area contributed by atoms with E-state index < -0.39 is 0 Å². The van der Waals surface area contributed by atoms with E-state index in [0.717, 1.165) is 24.3 Å². The van der Waals surface area contributed by atoms with Crippen LogP contribution in [-0.2, 0) is 0 Å². The van der Waals surface area contributed by atoms with E-state index in [9.17, 15) is 0 Å². The van der Waals surface area contributed by atoms with Gasteiger partial charge in [-0.15, -0.1) is 10.2 Å². The Morgan fingerprint density at radius 1 is 1.53 bits per heavy atom. The molecule has 0 aliphatic heterocycles. The zero-order chi connectivity index (χ0) is 10.7. The fraction of sp³-hybridized carbons (Fsp3) is 0.500. The summed E-state index contributed by atoms with van der Waals surface area (Å²) in [7, 11) is 0. The summed E-state index contributed by atoms with van der Waals surface area (Å²) < 4.78 is 1.86. The molecule has 1 atom stereocenters. The van der Waals surface area contributed by atoms with Crippen LogP contribution in [0.25, 0.3) is 5.65 Å². The molecule has 0 fully saturated rings. The largest absolute Gasteiger partial charge is 0.364 e. The number of nitrogens with zero attached hydrogens (tertiary/aromatic N) is 4. The zero-order valence-corrected chi connectivity index (χ0v) is 9.01. The van der Waals surface area contributed by atoms with E-state index in [2.05, 4.69) is 34.3 Å². The fourth-order valence-electron chi connectivity index (χ4n) is 1.60. The Labute approximate surface area is 88.6 Å². The van der Waals surface area contributed by atoms with Crippen molar-refractivity contribution in [2.75, 3.05) is 5.32 Å². The first-order chi connectivity index (χ1) is 7.31. The highest BCUT2D eigenvalue weighted by Crippen LogP contribution is 2.12. The second-order valence-electron chi connectivity index (χ2n) is 3.67. The third kappa shape index (κ3) is 2.06. The standard InChI is InChI=1S/C10H15N5/c1-3-4-8(2)13-9-10-14-12-7-15(10)6-5-11-9/h5-8H,3-4H2,1-2H3,(H,11,13). The van der Waals surface area contributed by atoms with Crippen molar-refractivity contribution >= 4 is 11.5 Å². The second-order valence-corrected chi connectivity index (χ2v) is 3.67. The monoisotopic (exact) mass is 205 g/mol. The number of hydrogen-bond acceptors (Lipinski definition) is 4. The summed E-state index contributed by atoms with van der Waals surface area (Å²) in [5.74, 6) is 0.802. The van der Waals surface area contributed by atoms with Crippen molar-refractivity contribution in [1.82, 2.24) is 19.6 Å². The minimum atomic E-state index is 0.408. The maximum atomic E-state index is 4.27. The lowest BCUT2D eigenvalue weighted by molar-refractivity contribution is 0.687. The van der Waals surface area contributed by atoms with Gasteiger partial charge in [0.2, 0.25) is 5.65 Å². The van der Waals surface area contributed by atoms with Gasteiger partial charge in [-0.3, -0.25) is 4.40 Å². The molecule has 0 aliphatic rings. The Bertz CT molecular complexity index is 436. The molecule has 0 saturated carbocycles. The first-order valence-electron chi connectivity index (χ1n) is 5.22. The van der Waals surface area contributed by atoms with Gasteiger partial charge in [0, 0.05) is 18.4 Å². The van der Waals surface area contributed by atoms with Crippen LogP contribution in [0.3, 0.4) is 0 Å². The van der Waals surface area contributed by atoms with Gasteiger partial charge in [-0.2, -0.15) is 0 Å². The predicted octanol–water partition coefficient (Wildman–Crippen LogP) is 1.72. The topological polar surface area (TPSA) is 55.1 Å². The number of aromatic nitrogens is 4. The van der Waals surface area contributed by atoms with Crippen LogP contribution in [0.15, 0.2) is 18.7 Å². The lowest BCUT2D eigenvalue weighted by atomic mass is 10.2. The molecule has 5 heteroatoms. The first-order valence-corrected chi connectivity index (χ1v) is 5.22. The highest BCUT2D eigenvalue weighted by Gasteiger charge is 2.07. The molecule has 0 spiro atoms. The number of nitrogens with one attached hydrogen (secondary N) is 1. The minimum absolute atomic E-state index is 0.408. The van der Waals surface area contributed by atoms with Crippen LogP contribution in [0.1, 0.15) is 26.7 Å². The van der Waals surface area contributed by atoms with Crippen molar-refractivity contribution < 1.29 is 0 Å². The quantitative estimate of drug-likeness (QED) is 0.825. The molecular formula is C10H15N5. The number of fused-ring (bicyclic) bond motifs is 1. The molecule has 0 aliphatic carbocycles. The van der Waals surface area contributed by atoms with E-state index in [1.54, 1.807) is 12.5 Å². The highest BCUT2D eigenvalue weighted by atomic mass is 15.2. The van der Waals surface area contributed by atoms with E-state index in [1.165, 1.54) is 0 Å². The van der Waals surface area contributed by atoms with Crippen LogP contribution in [0.4, 0.5) is 5.82 Å². The maximum Gasteiger partial charge on any atom is 0.203 e. The molecule has 15 heavy (non-hydrogen) atoms. The molecule has 2 aromatic rings. The highest BCUT2D eigenvalue weighted by molar-refractivity contribution is 5.61. The normalized spacial score (nSPS) is 12.9. The molecule has 5 nitrogen and oxygen atoms in total. The molecule has 0 saturated heterocycles. The smallest absolute Gasteiger partial charge is 0.203 e. The van der Waals surface area contributed by atoms with Gasteiger partial charge in [0.05, 0.1) is 0 Å². The lowest BCUT2D eigenvalue weighted by Crippen LogP contribution is -2.16. The van der Waals surface area contributed by atoms with Crippen LogP contribution >= 0.6 is 0 Å². The van der Waals surface area contributed by atoms with E-state index in [4.69, 9.17) is 0 Å². The van der Waals surface area contributed by atoms with Gasteiger partial charge >= 0.3 is 0 Å². The number of anilines is 1. The molecule has 0 bridgehead atoms. The van der Waals surface area contributed by atoms with Gasteiger partial charge in [0.25, 0.3) is 0 Å². The van der Waals surface area contributed by atoms with Gasteiger partial charge < -0.3 is 5.32 Å². The molecule has 0 amide bonds. The van der Waals surface area contributed by atoms with Crippen molar-refractivity contribution in [3.05, 3.63) is 18.7 Å². The third-order valence-corrected chi connectivity index (χ3v) is 2.32. The Kier molecular flexibility index (Phi) is 2.80. The average molecular weight is 205 g/mol. The van der Waals surface area contributed by atoms with Gasteiger partial charge in [-0.25, -0.2) is 4.98 Å². The molecule has 80 valence electrons. The molecular weight excluding hydrogens is 190 g/mol. The molecule has 1 unspecified atom stereocenters. The fourth-order valence-corrected chi connectivity index (χ4v) is 1.60. The van der Waals surface area contributed by atoms with E-state index in [-0.39, 0.29) is 0 Å². The SMILES string of the molecule is CCCC(C)Nc1nccn2cnnc12. The van der Waals surface area contributed by atoms with E-state index in [0.29, 0.717) is 6.04 Å². The van der Waals surface area contributed by atoms with Gasteiger partial charge in [0.15, 0.2) is 5.82 Å². The zero-order valence-electron chi connectivity index (χ0n) is 9.01. The summed E-state index contributed by atoms with van der Waals surface area (Å²) in [5.41, 5.74) is 0.778. The molecule has 2 aromatic heterocycles. The minimum Gasteiger partial charge on any atom is -0.364 e.